The molecule has 1 atom stereocenters. The van der Waals surface area contributed by atoms with Gasteiger partial charge in [-0.2, -0.15) is 0 Å². The highest BCUT2D eigenvalue weighted by atomic mass is 79.9. The zero-order valence-corrected chi connectivity index (χ0v) is 13.3. The Morgan fingerprint density at radius 2 is 2.00 bits per heavy atom. The lowest BCUT2D eigenvalue weighted by Gasteiger charge is -2.34. The first-order chi connectivity index (χ1) is 9.15. The van der Waals surface area contributed by atoms with Crippen molar-refractivity contribution >= 4 is 15.9 Å². The second-order valence-corrected chi connectivity index (χ2v) is 6.54. The largest absolute Gasteiger partial charge is 0.313 e. The molecule has 1 aliphatic rings. The lowest BCUT2D eigenvalue weighted by molar-refractivity contribution is 0.221. The maximum Gasteiger partial charge on any atom is 0.128 e. The van der Waals surface area contributed by atoms with Crippen LogP contribution in [0.4, 0.5) is 4.39 Å². The van der Waals surface area contributed by atoms with Gasteiger partial charge in [-0.15, -0.1) is 0 Å². The van der Waals surface area contributed by atoms with E-state index in [9.17, 15) is 4.39 Å². The van der Waals surface area contributed by atoms with E-state index < -0.39 is 0 Å². The van der Waals surface area contributed by atoms with Crippen LogP contribution in [0.2, 0.25) is 0 Å². The normalized spacial score (nSPS) is 25.3. The van der Waals surface area contributed by atoms with Crippen LogP contribution in [0.1, 0.15) is 50.6 Å². The van der Waals surface area contributed by atoms with Crippen molar-refractivity contribution in [1.82, 2.24) is 5.32 Å². The van der Waals surface area contributed by atoms with Gasteiger partial charge < -0.3 is 5.32 Å². The van der Waals surface area contributed by atoms with Crippen LogP contribution < -0.4 is 5.32 Å². The minimum Gasteiger partial charge on any atom is -0.313 e. The molecule has 0 saturated heterocycles. The zero-order valence-electron chi connectivity index (χ0n) is 11.8. The van der Waals surface area contributed by atoms with Crippen molar-refractivity contribution in [3.05, 3.63) is 34.1 Å². The van der Waals surface area contributed by atoms with Crippen LogP contribution in [0, 0.1) is 17.7 Å². The molecular formula is C16H23BrFN. The molecule has 106 valence electrons. The fraction of sp³-hybridized carbons (Fsp3) is 0.625. The monoisotopic (exact) mass is 327 g/mol. The van der Waals surface area contributed by atoms with E-state index in [1.807, 2.05) is 13.1 Å². The van der Waals surface area contributed by atoms with Crippen LogP contribution >= 0.6 is 15.9 Å². The van der Waals surface area contributed by atoms with Crippen molar-refractivity contribution in [2.75, 3.05) is 7.05 Å². The molecule has 19 heavy (non-hydrogen) atoms. The highest BCUT2D eigenvalue weighted by Crippen LogP contribution is 2.38. The summed E-state index contributed by atoms with van der Waals surface area (Å²) in [5.74, 6) is 1.33. The number of nitrogens with one attached hydrogen (secondary N) is 1. The van der Waals surface area contributed by atoms with E-state index in [-0.39, 0.29) is 11.9 Å². The highest BCUT2D eigenvalue weighted by molar-refractivity contribution is 9.10. The van der Waals surface area contributed by atoms with Gasteiger partial charge in [-0.25, -0.2) is 4.39 Å². The summed E-state index contributed by atoms with van der Waals surface area (Å²) >= 11 is 3.44. The van der Waals surface area contributed by atoms with E-state index >= 15 is 0 Å². The van der Waals surface area contributed by atoms with Crippen LogP contribution in [0.25, 0.3) is 0 Å². The summed E-state index contributed by atoms with van der Waals surface area (Å²) in [6.45, 7) is 2.27. The number of halogens is 2. The zero-order chi connectivity index (χ0) is 13.8. The molecule has 1 nitrogen and oxygen atoms in total. The third kappa shape index (κ3) is 3.57. The van der Waals surface area contributed by atoms with Gasteiger partial charge in [-0.3, -0.25) is 0 Å². The van der Waals surface area contributed by atoms with E-state index in [2.05, 4.69) is 28.2 Å². The van der Waals surface area contributed by atoms with Gasteiger partial charge in [0, 0.05) is 16.1 Å². The third-order valence-electron chi connectivity index (χ3n) is 4.54. The summed E-state index contributed by atoms with van der Waals surface area (Å²) in [5, 5.41) is 3.33. The molecule has 0 aliphatic heterocycles. The molecule has 0 aromatic heterocycles. The third-order valence-corrected chi connectivity index (χ3v) is 5.04. The molecule has 0 amide bonds. The lowest BCUT2D eigenvalue weighted by atomic mass is 9.76. The molecular weight excluding hydrogens is 305 g/mol. The molecule has 2 rings (SSSR count). The van der Waals surface area contributed by atoms with E-state index in [4.69, 9.17) is 0 Å². The van der Waals surface area contributed by atoms with E-state index in [1.54, 1.807) is 12.1 Å². The highest BCUT2D eigenvalue weighted by Gasteiger charge is 2.28. The van der Waals surface area contributed by atoms with Gasteiger partial charge in [0.1, 0.15) is 5.82 Å². The Kier molecular flexibility index (Phi) is 5.40. The number of hydrogen-bond donors (Lipinski definition) is 1. The van der Waals surface area contributed by atoms with E-state index in [1.165, 1.54) is 32.1 Å². The molecule has 1 saturated carbocycles. The molecule has 0 heterocycles. The maximum absolute atomic E-state index is 14.0. The van der Waals surface area contributed by atoms with Crippen LogP contribution in [0.15, 0.2) is 22.7 Å². The second kappa shape index (κ2) is 6.85. The average Bonchev–Trinajstić information content (AvgIpc) is 2.44. The van der Waals surface area contributed by atoms with Crippen molar-refractivity contribution in [2.24, 2.45) is 11.8 Å². The molecule has 0 spiro atoms. The molecule has 1 fully saturated rings. The SMILES string of the molecule is CCC1CCC(C(NC)c2cc(Br)ccc2F)CC1. The molecule has 1 N–H and O–H groups in total. The fourth-order valence-corrected chi connectivity index (χ4v) is 3.71. The van der Waals surface area contributed by atoms with Gasteiger partial charge in [-0.1, -0.05) is 42.1 Å². The molecule has 0 radical (unpaired) electrons. The first-order valence-electron chi connectivity index (χ1n) is 7.28. The second-order valence-electron chi connectivity index (χ2n) is 5.62. The standard InChI is InChI=1S/C16H23BrFN/c1-3-11-4-6-12(7-5-11)16(19-2)14-10-13(17)8-9-15(14)18/h8-12,16,19H,3-7H2,1-2H3. The molecule has 3 heteroatoms. The van der Waals surface area contributed by atoms with Crippen molar-refractivity contribution in [3.63, 3.8) is 0 Å². The van der Waals surface area contributed by atoms with Gasteiger partial charge >= 0.3 is 0 Å². The Morgan fingerprint density at radius 3 is 2.58 bits per heavy atom. The van der Waals surface area contributed by atoms with Crippen molar-refractivity contribution in [1.29, 1.82) is 0 Å². The van der Waals surface area contributed by atoms with Gasteiger partial charge in [0.05, 0.1) is 0 Å². The number of hydrogen-bond acceptors (Lipinski definition) is 1. The van der Waals surface area contributed by atoms with Gasteiger partial charge in [0.2, 0.25) is 0 Å². The smallest absolute Gasteiger partial charge is 0.128 e. The minimum absolute atomic E-state index is 0.0971. The first-order valence-corrected chi connectivity index (χ1v) is 8.07. The van der Waals surface area contributed by atoms with E-state index in [0.717, 1.165) is 16.0 Å². The van der Waals surface area contributed by atoms with Crippen LogP contribution in [0.5, 0.6) is 0 Å². The summed E-state index contributed by atoms with van der Waals surface area (Å²) in [5.41, 5.74) is 0.803. The quantitative estimate of drug-likeness (QED) is 0.814. The van der Waals surface area contributed by atoms with Crippen LogP contribution in [0.3, 0.4) is 0 Å². The maximum atomic E-state index is 14.0. The number of benzene rings is 1. The Balaban J connectivity index is 2.14. The summed E-state index contributed by atoms with van der Waals surface area (Å²) in [4.78, 5) is 0. The predicted molar refractivity (Wildman–Crippen MR) is 81.6 cm³/mol. The van der Waals surface area contributed by atoms with Gasteiger partial charge in [0.25, 0.3) is 0 Å². The number of rotatable bonds is 4. The predicted octanol–water partition coefficient (Wildman–Crippen LogP) is 5.07. The van der Waals surface area contributed by atoms with Crippen molar-refractivity contribution in [2.45, 2.75) is 45.1 Å². The first kappa shape index (κ1) is 15.0. The molecule has 1 unspecified atom stereocenters. The molecule has 1 aromatic rings. The lowest BCUT2D eigenvalue weighted by Crippen LogP contribution is -2.29. The van der Waals surface area contributed by atoms with Crippen LogP contribution in [-0.4, -0.2) is 7.05 Å². The summed E-state index contributed by atoms with van der Waals surface area (Å²) in [7, 11) is 1.94. The van der Waals surface area contributed by atoms with Crippen LogP contribution in [-0.2, 0) is 0 Å². The fourth-order valence-electron chi connectivity index (χ4n) is 3.33. The van der Waals surface area contributed by atoms with Crippen molar-refractivity contribution < 1.29 is 4.39 Å². The van der Waals surface area contributed by atoms with Gasteiger partial charge in [-0.05, 0) is 49.9 Å². The average molecular weight is 328 g/mol. The molecule has 1 aliphatic carbocycles. The Labute approximate surface area is 124 Å². The molecule has 1 aromatic carbocycles. The Morgan fingerprint density at radius 1 is 1.32 bits per heavy atom. The Bertz CT molecular complexity index is 413. The Hall–Kier alpha value is -0.410. The topological polar surface area (TPSA) is 12.0 Å². The minimum atomic E-state index is -0.0971. The van der Waals surface area contributed by atoms with E-state index in [0.29, 0.717) is 5.92 Å². The molecule has 0 bridgehead atoms. The summed E-state index contributed by atoms with van der Waals surface area (Å²) < 4.78 is 15.0. The van der Waals surface area contributed by atoms with Gasteiger partial charge in [0.15, 0.2) is 0 Å². The summed E-state index contributed by atoms with van der Waals surface area (Å²) in [6, 6.07) is 5.37. The summed E-state index contributed by atoms with van der Waals surface area (Å²) in [6.07, 6.45) is 6.26. The van der Waals surface area contributed by atoms with Crippen molar-refractivity contribution in [3.8, 4) is 0 Å².